The zero-order chi connectivity index (χ0) is 19.4. The fourth-order valence-electron chi connectivity index (χ4n) is 4.18. The standard InChI is InChI=1S/C24H31NO2/c1-18-8-12-20(13-9-18)24(26)21(6-5-7-22(24)17-25(2)3)16-19-10-14-23(27-4)15-11-19/h8-16,22,26H,5-7,17H2,1-4H3. The van der Waals surface area contributed by atoms with E-state index in [4.69, 9.17) is 4.74 Å². The summed E-state index contributed by atoms with van der Waals surface area (Å²) >= 11 is 0. The monoisotopic (exact) mass is 365 g/mol. The molecule has 0 saturated heterocycles. The van der Waals surface area contributed by atoms with Crippen LogP contribution in [0.5, 0.6) is 5.75 Å². The van der Waals surface area contributed by atoms with Crippen molar-refractivity contribution in [3.63, 3.8) is 0 Å². The van der Waals surface area contributed by atoms with Crippen LogP contribution < -0.4 is 4.74 Å². The van der Waals surface area contributed by atoms with Crippen LogP contribution in [0.4, 0.5) is 0 Å². The zero-order valence-electron chi connectivity index (χ0n) is 16.9. The van der Waals surface area contributed by atoms with E-state index >= 15 is 0 Å². The SMILES string of the molecule is COc1ccc(C=C2CCCC(CN(C)C)C2(O)c2ccc(C)cc2)cc1. The second-order valence-electron chi connectivity index (χ2n) is 7.93. The third-order valence-electron chi connectivity index (χ3n) is 5.61. The number of benzene rings is 2. The van der Waals surface area contributed by atoms with E-state index in [9.17, 15) is 5.11 Å². The van der Waals surface area contributed by atoms with Crippen LogP contribution in [-0.2, 0) is 5.60 Å². The Morgan fingerprint density at radius 2 is 1.78 bits per heavy atom. The van der Waals surface area contributed by atoms with Crippen LogP contribution in [0.15, 0.2) is 54.1 Å². The minimum absolute atomic E-state index is 0.174. The highest BCUT2D eigenvalue weighted by Crippen LogP contribution is 2.46. The Hall–Kier alpha value is -2.10. The molecule has 1 saturated carbocycles. The molecule has 3 rings (SSSR count). The van der Waals surface area contributed by atoms with Gasteiger partial charge in [-0.2, -0.15) is 0 Å². The summed E-state index contributed by atoms with van der Waals surface area (Å²) in [5, 5.41) is 12.0. The summed E-state index contributed by atoms with van der Waals surface area (Å²) in [6, 6.07) is 16.4. The maximum atomic E-state index is 12.0. The molecule has 0 bridgehead atoms. The molecule has 0 aliphatic heterocycles. The van der Waals surface area contributed by atoms with Gasteiger partial charge in [0.1, 0.15) is 11.4 Å². The molecule has 0 amide bonds. The van der Waals surface area contributed by atoms with Gasteiger partial charge in [0.2, 0.25) is 0 Å². The minimum atomic E-state index is -0.934. The molecule has 3 heteroatoms. The van der Waals surface area contributed by atoms with E-state index in [1.165, 1.54) is 5.56 Å². The summed E-state index contributed by atoms with van der Waals surface area (Å²) in [6.45, 7) is 2.95. The first-order chi connectivity index (χ1) is 12.9. The fraction of sp³-hybridized carbons (Fsp3) is 0.417. The Kier molecular flexibility index (Phi) is 6.03. The van der Waals surface area contributed by atoms with Crippen molar-refractivity contribution in [1.82, 2.24) is 4.90 Å². The van der Waals surface area contributed by atoms with Crippen LogP contribution in [-0.4, -0.2) is 37.8 Å². The lowest BCUT2D eigenvalue weighted by Gasteiger charge is -2.44. The molecule has 2 aromatic rings. The van der Waals surface area contributed by atoms with Crippen molar-refractivity contribution in [2.24, 2.45) is 5.92 Å². The predicted molar refractivity (Wildman–Crippen MR) is 112 cm³/mol. The number of methoxy groups -OCH3 is 1. The number of rotatable bonds is 5. The molecule has 1 N–H and O–H groups in total. The van der Waals surface area contributed by atoms with E-state index in [2.05, 4.69) is 68.4 Å². The normalized spacial score (nSPS) is 24.4. The largest absolute Gasteiger partial charge is 0.497 e. The third kappa shape index (κ3) is 4.26. The molecule has 144 valence electrons. The zero-order valence-corrected chi connectivity index (χ0v) is 16.9. The molecular formula is C24H31NO2. The lowest BCUT2D eigenvalue weighted by atomic mass is 9.67. The maximum absolute atomic E-state index is 12.0. The van der Waals surface area contributed by atoms with Crippen molar-refractivity contribution in [1.29, 1.82) is 0 Å². The van der Waals surface area contributed by atoms with Crippen LogP contribution in [0.1, 0.15) is 36.0 Å². The van der Waals surface area contributed by atoms with Crippen molar-refractivity contribution in [2.75, 3.05) is 27.7 Å². The second-order valence-corrected chi connectivity index (χ2v) is 7.93. The van der Waals surface area contributed by atoms with Gasteiger partial charge in [0.05, 0.1) is 7.11 Å². The Morgan fingerprint density at radius 1 is 1.11 bits per heavy atom. The fourth-order valence-corrected chi connectivity index (χ4v) is 4.18. The highest BCUT2D eigenvalue weighted by molar-refractivity contribution is 5.58. The average molecular weight is 366 g/mol. The van der Waals surface area contributed by atoms with Crippen LogP contribution in [0.3, 0.4) is 0 Å². The van der Waals surface area contributed by atoms with Gasteiger partial charge in [-0.1, -0.05) is 48.0 Å². The van der Waals surface area contributed by atoms with Crippen molar-refractivity contribution >= 4 is 6.08 Å². The molecule has 0 heterocycles. The van der Waals surface area contributed by atoms with Crippen molar-refractivity contribution < 1.29 is 9.84 Å². The lowest BCUT2D eigenvalue weighted by Crippen LogP contribution is -2.44. The van der Waals surface area contributed by atoms with E-state index in [1.54, 1.807) is 7.11 Å². The van der Waals surface area contributed by atoms with Gasteiger partial charge in [0.15, 0.2) is 0 Å². The first kappa shape index (κ1) is 19.7. The summed E-state index contributed by atoms with van der Waals surface area (Å²) in [5.41, 5.74) is 3.48. The molecule has 27 heavy (non-hydrogen) atoms. The molecule has 1 aliphatic rings. The van der Waals surface area contributed by atoms with E-state index in [1.807, 2.05) is 12.1 Å². The number of hydrogen-bond donors (Lipinski definition) is 1. The molecule has 0 radical (unpaired) electrons. The lowest BCUT2D eigenvalue weighted by molar-refractivity contribution is -0.0174. The molecule has 3 nitrogen and oxygen atoms in total. The first-order valence-electron chi connectivity index (χ1n) is 9.73. The Balaban J connectivity index is 2.05. The van der Waals surface area contributed by atoms with E-state index in [0.29, 0.717) is 0 Å². The highest BCUT2D eigenvalue weighted by atomic mass is 16.5. The smallest absolute Gasteiger partial charge is 0.118 e. The average Bonchev–Trinajstić information content (AvgIpc) is 2.66. The van der Waals surface area contributed by atoms with Gasteiger partial charge < -0.3 is 14.7 Å². The third-order valence-corrected chi connectivity index (χ3v) is 5.61. The summed E-state index contributed by atoms with van der Waals surface area (Å²) in [7, 11) is 5.84. The minimum Gasteiger partial charge on any atom is -0.497 e. The quantitative estimate of drug-likeness (QED) is 0.838. The Bertz CT molecular complexity index is 777. The summed E-state index contributed by atoms with van der Waals surface area (Å²) in [6.07, 6.45) is 5.22. The molecule has 2 atom stereocenters. The number of aryl methyl sites for hydroxylation is 1. The van der Waals surface area contributed by atoms with Gasteiger partial charge in [0.25, 0.3) is 0 Å². The van der Waals surface area contributed by atoms with Gasteiger partial charge in [-0.05, 0) is 69.1 Å². The molecule has 2 unspecified atom stereocenters. The van der Waals surface area contributed by atoms with Gasteiger partial charge >= 0.3 is 0 Å². The summed E-state index contributed by atoms with van der Waals surface area (Å²) < 4.78 is 5.27. The number of nitrogens with zero attached hydrogens (tertiary/aromatic N) is 1. The van der Waals surface area contributed by atoms with Crippen molar-refractivity contribution in [3.8, 4) is 5.75 Å². The molecule has 1 fully saturated rings. The second kappa shape index (κ2) is 8.28. The van der Waals surface area contributed by atoms with Gasteiger partial charge in [-0.25, -0.2) is 0 Å². The van der Waals surface area contributed by atoms with Gasteiger partial charge in [0, 0.05) is 12.5 Å². The molecule has 0 spiro atoms. The number of ether oxygens (including phenoxy) is 1. The molecule has 0 aromatic heterocycles. The van der Waals surface area contributed by atoms with E-state index in [0.717, 1.165) is 48.3 Å². The van der Waals surface area contributed by atoms with Crippen LogP contribution in [0.25, 0.3) is 6.08 Å². The van der Waals surface area contributed by atoms with Gasteiger partial charge in [-0.15, -0.1) is 0 Å². The topological polar surface area (TPSA) is 32.7 Å². The van der Waals surface area contributed by atoms with E-state index in [-0.39, 0.29) is 5.92 Å². The Morgan fingerprint density at radius 3 is 2.37 bits per heavy atom. The first-order valence-corrected chi connectivity index (χ1v) is 9.73. The summed E-state index contributed by atoms with van der Waals surface area (Å²) in [4.78, 5) is 2.18. The van der Waals surface area contributed by atoms with Crippen LogP contribution >= 0.6 is 0 Å². The van der Waals surface area contributed by atoms with Crippen LogP contribution in [0, 0.1) is 12.8 Å². The van der Waals surface area contributed by atoms with Crippen molar-refractivity contribution in [2.45, 2.75) is 31.8 Å². The number of hydrogen-bond acceptors (Lipinski definition) is 3. The molecule has 1 aliphatic carbocycles. The Labute approximate surface area is 163 Å². The van der Waals surface area contributed by atoms with E-state index < -0.39 is 5.60 Å². The molecule has 2 aromatic carbocycles. The predicted octanol–water partition coefficient (Wildman–Crippen LogP) is 4.64. The van der Waals surface area contributed by atoms with Crippen molar-refractivity contribution in [3.05, 3.63) is 70.8 Å². The highest BCUT2D eigenvalue weighted by Gasteiger charge is 2.44. The number of aliphatic hydroxyl groups is 1. The maximum Gasteiger partial charge on any atom is 0.118 e. The van der Waals surface area contributed by atoms with Gasteiger partial charge in [-0.3, -0.25) is 0 Å². The summed E-state index contributed by atoms with van der Waals surface area (Å²) in [5.74, 6) is 1.02. The molecular weight excluding hydrogens is 334 g/mol. The van der Waals surface area contributed by atoms with Crippen LogP contribution in [0.2, 0.25) is 0 Å².